The first kappa shape index (κ1) is 12.3. The predicted molar refractivity (Wildman–Crippen MR) is 61.3 cm³/mol. The monoisotopic (exact) mass is 229 g/mol. The Morgan fingerprint density at radius 1 is 1.38 bits per heavy atom. The van der Waals surface area contributed by atoms with Gasteiger partial charge in [-0.05, 0) is 25.7 Å². The molecule has 2 fully saturated rings. The molecule has 1 spiro atoms. The highest BCUT2D eigenvalue weighted by atomic mass is 16.5. The van der Waals surface area contributed by atoms with E-state index in [4.69, 9.17) is 9.84 Å². The van der Waals surface area contributed by atoms with Gasteiger partial charge in [0.2, 0.25) is 0 Å². The molecule has 0 radical (unpaired) electrons. The number of aliphatic hydroxyl groups excluding tert-OH is 2. The van der Waals surface area contributed by atoms with Gasteiger partial charge in [-0.1, -0.05) is 12.8 Å². The molecule has 1 saturated heterocycles. The van der Waals surface area contributed by atoms with Crippen LogP contribution in [0.1, 0.15) is 38.5 Å². The fourth-order valence-electron chi connectivity index (χ4n) is 2.94. The predicted octanol–water partition coefficient (Wildman–Crippen LogP) is 0.421. The van der Waals surface area contributed by atoms with Gasteiger partial charge in [0.25, 0.3) is 0 Å². The SMILES string of the molecule is OCC(O)CNC1CCOC2(CCCC2)C1. The highest BCUT2D eigenvalue weighted by molar-refractivity contribution is 4.93. The van der Waals surface area contributed by atoms with Crippen molar-refractivity contribution in [2.24, 2.45) is 0 Å². The maximum absolute atomic E-state index is 9.30. The summed E-state index contributed by atoms with van der Waals surface area (Å²) in [5.74, 6) is 0. The van der Waals surface area contributed by atoms with Crippen molar-refractivity contribution < 1.29 is 14.9 Å². The lowest BCUT2D eigenvalue weighted by Crippen LogP contribution is -2.47. The zero-order valence-electron chi connectivity index (χ0n) is 9.82. The average molecular weight is 229 g/mol. The minimum absolute atomic E-state index is 0.125. The van der Waals surface area contributed by atoms with Gasteiger partial charge in [0, 0.05) is 19.2 Å². The van der Waals surface area contributed by atoms with Crippen LogP contribution < -0.4 is 5.32 Å². The van der Waals surface area contributed by atoms with Crippen LogP contribution in [0.4, 0.5) is 0 Å². The molecule has 16 heavy (non-hydrogen) atoms. The van der Waals surface area contributed by atoms with E-state index in [1.165, 1.54) is 25.7 Å². The molecule has 94 valence electrons. The maximum Gasteiger partial charge on any atom is 0.0895 e. The zero-order valence-corrected chi connectivity index (χ0v) is 9.82. The lowest BCUT2D eigenvalue weighted by Gasteiger charge is -2.38. The summed E-state index contributed by atoms with van der Waals surface area (Å²) in [6.45, 7) is 1.14. The Morgan fingerprint density at radius 2 is 2.12 bits per heavy atom. The molecule has 0 aromatic carbocycles. The Hall–Kier alpha value is -0.160. The molecule has 3 N–H and O–H groups in total. The van der Waals surface area contributed by atoms with Crippen molar-refractivity contribution in [1.82, 2.24) is 5.32 Å². The minimum atomic E-state index is -0.637. The van der Waals surface area contributed by atoms with Crippen LogP contribution in [0.2, 0.25) is 0 Å². The minimum Gasteiger partial charge on any atom is -0.394 e. The molecule has 4 heteroatoms. The Labute approximate surface area is 97.0 Å². The number of ether oxygens (including phenoxy) is 1. The summed E-state index contributed by atoms with van der Waals surface area (Å²) in [6.07, 6.45) is 6.38. The average Bonchev–Trinajstić information content (AvgIpc) is 2.74. The fourth-order valence-corrected chi connectivity index (χ4v) is 2.94. The van der Waals surface area contributed by atoms with Crippen LogP contribution in [0.15, 0.2) is 0 Å². The van der Waals surface area contributed by atoms with Crippen molar-refractivity contribution in [3.63, 3.8) is 0 Å². The van der Waals surface area contributed by atoms with Crippen LogP contribution in [0.3, 0.4) is 0 Å². The first-order valence-electron chi connectivity index (χ1n) is 6.40. The topological polar surface area (TPSA) is 61.7 Å². The van der Waals surface area contributed by atoms with Crippen molar-refractivity contribution in [3.05, 3.63) is 0 Å². The van der Waals surface area contributed by atoms with E-state index in [-0.39, 0.29) is 12.2 Å². The molecule has 2 rings (SSSR count). The molecule has 0 amide bonds. The van der Waals surface area contributed by atoms with Gasteiger partial charge in [-0.2, -0.15) is 0 Å². The van der Waals surface area contributed by atoms with Crippen molar-refractivity contribution in [1.29, 1.82) is 0 Å². The number of hydrogen-bond donors (Lipinski definition) is 3. The van der Waals surface area contributed by atoms with Gasteiger partial charge in [0.1, 0.15) is 0 Å². The van der Waals surface area contributed by atoms with Gasteiger partial charge in [-0.15, -0.1) is 0 Å². The normalized spacial score (nSPS) is 30.8. The van der Waals surface area contributed by atoms with Crippen LogP contribution in [0.5, 0.6) is 0 Å². The summed E-state index contributed by atoms with van der Waals surface area (Å²) in [6, 6.07) is 0.438. The van der Waals surface area contributed by atoms with E-state index < -0.39 is 6.10 Å². The fraction of sp³-hybridized carbons (Fsp3) is 1.00. The second-order valence-electron chi connectivity index (χ2n) is 5.17. The molecule has 0 bridgehead atoms. The first-order chi connectivity index (χ1) is 7.74. The summed E-state index contributed by atoms with van der Waals surface area (Å²) in [5, 5.41) is 21.4. The molecule has 1 saturated carbocycles. The third-order valence-electron chi connectivity index (χ3n) is 3.86. The second-order valence-corrected chi connectivity index (χ2v) is 5.17. The molecule has 1 aliphatic carbocycles. The van der Waals surface area contributed by atoms with E-state index >= 15 is 0 Å². The molecule has 2 atom stereocenters. The molecule has 0 aromatic heterocycles. The third-order valence-corrected chi connectivity index (χ3v) is 3.86. The molecule has 1 aliphatic heterocycles. The van der Waals surface area contributed by atoms with Gasteiger partial charge >= 0.3 is 0 Å². The summed E-state index contributed by atoms with van der Waals surface area (Å²) < 4.78 is 5.94. The standard InChI is InChI=1S/C12H23NO3/c14-9-11(15)8-13-10-3-6-16-12(7-10)4-1-2-5-12/h10-11,13-15H,1-9H2. The van der Waals surface area contributed by atoms with E-state index in [1.807, 2.05) is 0 Å². The quantitative estimate of drug-likeness (QED) is 0.654. The number of hydrogen-bond acceptors (Lipinski definition) is 4. The number of nitrogens with one attached hydrogen (secondary N) is 1. The van der Waals surface area contributed by atoms with Crippen molar-refractivity contribution in [3.8, 4) is 0 Å². The summed E-state index contributed by atoms with van der Waals surface area (Å²) in [4.78, 5) is 0. The molecule has 1 heterocycles. The molecular formula is C12H23NO3. The van der Waals surface area contributed by atoms with Crippen molar-refractivity contribution in [2.45, 2.75) is 56.3 Å². The van der Waals surface area contributed by atoms with Crippen molar-refractivity contribution in [2.75, 3.05) is 19.8 Å². The van der Waals surface area contributed by atoms with Crippen LogP contribution in [-0.4, -0.2) is 47.7 Å². The van der Waals surface area contributed by atoms with E-state index in [2.05, 4.69) is 5.32 Å². The van der Waals surface area contributed by atoms with E-state index in [9.17, 15) is 5.11 Å². The van der Waals surface area contributed by atoms with E-state index in [1.54, 1.807) is 0 Å². The molecule has 4 nitrogen and oxygen atoms in total. The van der Waals surface area contributed by atoms with Gasteiger partial charge in [0.15, 0.2) is 0 Å². The lowest BCUT2D eigenvalue weighted by atomic mass is 9.89. The third kappa shape index (κ3) is 2.94. The molecular weight excluding hydrogens is 206 g/mol. The smallest absolute Gasteiger partial charge is 0.0895 e. The van der Waals surface area contributed by atoms with Gasteiger partial charge in [-0.3, -0.25) is 0 Å². The molecule has 2 aliphatic rings. The summed E-state index contributed by atoms with van der Waals surface area (Å²) >= 11 is 0. The van der Waals surface area contributed by atoms with Crippen LogP contribution in [-0.2, 0) is 4.74 Å². The Morgan fingerprint density at radius 3 is 2.81 bits per heavy atom. The lowest BCUT2D eigenvalue weighted by molar-refractivity contribution is -0.0846. The Bertz CT molecular complexity index is 216. The number of rotatable bonds is 4. The van der Waals surface area contributed by atoms with Gasteiger partial charge in [0.05, 0.1) is 18.3 Å². The van der Waals surface area contributed by atoms with Crippen LogP contribution in [0.25, 0.3) is 0 Å². The maximum atomic E-state index is 9.30. The van der Waals surface area contributed by atoms with Crippen LogP contribution >= 0.6 is 0 Å². The number of aliphatic hydroxyl groups is 2. The Balaban J connectivity index is 1.78. The van der Waals surface area contributed by atoms with E-state index in [0.717, 1.165) is 19.4 Å². The zero-order chi connectivity index (χ0) is 11.4. The van der Waals surface area contributed by atoms with Crippen LogP contribution in [0, 0.1) is 0 Å². The summed E-state index contributed by atoms with van der Waals surface area (Å²) in [7, 11) is 0. The van der Waals surface area contributed by atoms with Gasteiger partial charge in [-0.25, -0.2) is 0 Å². The highest BCUT2D eigenvalue weighted by Gasteiger charge is 2.39. The Kier molecular flexibility index (Phi) is 4.19. The molecule has 0 aromatic rings. The molecule has 2 unspecified atom stereocenters. The van der Waals surface area contributed by atoms with E-state index in [0.29, 0.717) is 12.6 Å². The highest BCUT2D eigenvalue weighted by Crippen LogP contribution is 2.39. The van der Waals surface area contributed by atoms with Gasteiger partial charge < -0.3 is 20.3 Å². The van der Waals surface area contributed by atoms with Crippen molar-refractivity contribution >= 4 is 0 Å². The summed E-state index contributed by atoms with van der Waals surface area (Å²) in [5.41, 5.74) is 0.125. The largest absolute Gasteiger partial charge is 0.394 e. The second kappa shape index (κ2) is 5.45. The first-order valence-corrected chi connectivity index (χ1v) is 6.40.